The maximum Gasteiger partial charge on any atom is 0.337 e. The topological polar surface area (TPSA) is 596 Å². The van der Waals surface area contributed by atoms with Crippen LogP contribution in [0.3, 0.4) is 0 Å². The lowest BCUT2D eigenvalue weighted by molar-refractivity contribution is -0.277. The number of nitrogens with one attached hydrogen (secondary N) is 10. The Hall–Kier alpha value is -11.9. The largest absolute Gasteiger partial charge is 0.508 e. The van der Waals surface area contributed by atoms with Crippen molar-refractivity contribution in [1.82, 2.24) is 53.2 Å². The number of carbonyl (C=O) groups excluding carboxylic acids is 9. The standard InChI is InChI=1S/C89H103Cl2N11O28/c1-4-5-6-7-8-9-10-11-14-62(108)97-71-74(111)76(113)79(87(122)123-3)130-88(71)129-78-59-33-44-34-60(78)126-56-24-19-43(31-51(56)90)72(109)70-86(121)101-68(81(116)95-28-13-27-94-26-12-25-92)49-35-45(104)36-58(127-89-77(114)75(112)73(110)61(39-103)128-89)63(49)48-30-41(17-22-53(48)105)66(83(118)102-70)98-84(119)67(44)99-85(120)69-50-37-47(38-55(107)64(50)91)125-57-32-42(18-23-54(57)106)65(93-2)82(117)96-52(80(115)100-69)29-40-15-20-46(124-59)21-16-40/h15-24,30-38,52,61,65-77,79,88-89,93-94,103-107,109-114H,4-14,25-29,39,92H2,1-3H3,(H,95,116)(H,96,117)(H,97,108)(H,98,119)(H,99,120)(H,100,115)(H,101,121)(H,102,118)/t52-,61-,65+,66-,67-,68+,69+,70+,71-,72-,73-,74-,75+,76+,77+,79+,88-,89+/m1/s1. The van der Waals surface area contributed by atoms with Crippen LogP contribution in [0.4, 0.5) is 0 Å². The molecular formula is C89H103Cl2N11O28. The smallest absolute Gasteiger partial charge is 0.337 e. The number of aromatic hydroxyl groups is 4. The summed E-state index contributed by atoms with van der Waals surface area (Å²) in [5, 5.41) is 154. The van der Waals surface area contributed by atoms with E-state index in [2.05, 4.69) is 60.1 Å². The number of halogens is 2. The molecule has 2 fully saturated rings. The molecule has 0 unspecified atom stereocenters. The van der Waals surface area contributed by atoms with Crippen molar-refractivity contribution in [3.05, 3.63) is 164 Å². The first-order chi connectivity index (χ1) is 62.4. The highest BCUT2D eigenvalue weighted by molar-refractivity contribution is 6.33. The molecule has 8 heterocycles. The van der Waals surface area contributed by atoms with Crippen LogP contribution in [-0.2, 0) is 63.8 Å². The van der Waals surface area contributed by atoms with Gasteiger partial charge in [-0.3, -0.25) is 38.4 Å². The average Bonchev–Trinajstić information content (AvgIpc) is 0.757. The van der Waals surface area contributed by atoms with Gasteiger partial charge < -0.3 is 153 Å². The van der Waals surface area contributed by atoms with Gasteiger partial charge in [-0.05, 0) is 152 Å². The van der Waals surface area contributed by atoms with Crippen molar-refractivity contribution in [2.24, 2.45) is 5.73 Å². The number of fused-ring (bicyclic) bond motifs is 14. The number of hydrogen-bond acceptors (Lipinski definition) is 31. The summed E-state index contributed by atoms with van der Waals surface area (Å²) < 4.78 is 50.0. The van der Waals surface area contributed by atoms with Crippen LogP contribution in [0.5, 0.6) is 69.0 Å². The highest BCUT2D eigenvalue weighted by Crippen LogP contribution is 2.51. The van der Waals surface area contributed by atoms with Gasteiger partial charge in [-0.25, -0.2) is 4.79 Å². The second kappa shape index (κ2) is 42.8. The summed E-state index contributed by atoms with van der Waals surface area (Å²) in [7, 11) is 2.40. The summed E-state index contributed by atoms with van der Waals surface area (Å²) in [6, 6.07) is 5.97. The van der Waals surface area contributed by atoms with Gasteiger partial charge in [-0.1, -0.05) is 105 Å². The third-order valence-corrected chi connectivity index (χ3v) is 23.8. The van der Waals surface area contributed by atoms with Gasteiger partial charge in [-0.15, -0.1) is 0 Å². The van der Waals surface area contributed by atoms with E-state index in [1.807, 2.05) is 0 Å². The van der Waals surface area contributed by atoms with Crippen LogP contribution in [0.25, 0.3) is 11.1 Å². The number of benzene rings is 7. The molecule has 0 spiro atoms. The van der Waals surface area contributed by atoms with Crippen molar-refractivity contribution < 1.29 is 137 Å². The van der Waals surface area contributed by atoms with E-state index in [1.165, 1.54) is 55.6 Å². The molecule has 15 rings (SSSR count). The average molecular weight is 1850 g/mol. The number of ether oxygens (including phenoxy) is 8. The summed E-state index contributed by atoms with van der Waals surface area (Å²) >= 11 is 14.4. The minimum Gasteiger partial charge on any atom is -0.508 e. The number of carbonyl (C=O) groups is 9. The Labute approximate surface area is 753 Å². The molecule has 8 aliphatic heterocycles. The van der Waals surface area contributed by atoms with Crippen LogP contribution in [0, 0.1) is 0 Å². The predicted molar refractivity (Wildman–Crippen MR) is 460 cm³/mol. The lowest BCUT2D eigenvalue weighted by atomic mass is 9.89. The number of likely N-dealkylation sites (N-methyl/N-ethyl adjacent to an activating group) is 1. The molecule has 41 heteroatoms. The predicted octanol–water partition coefficient (Wildman–Crippen LogP) is 3.39. The number of methoxy groups -OCH3 is 1. The lowest BCUT2D eigenvalue weighted by Gasteiger charge is -2.41. The summed E-state index contributed by atoms with van der Waals surface area (Å²) in [5.41, 5.74) is 3.08. The van der Waals surface area contributed by atoms with Gasteiger partial charge in [-0.2, -0.15) is 0 Å². The van der Waals surface area contributed by atoms with Crippen molar-refractivity contribution in [2.75, 3.05) is 46.9 Å². The molecule has 696 valence electrons. The molecule has 7 aromatic carbocycles. The zero-order chi connectivity index (χ0) is 93.1. The van der Waals surface area contributed by atoms with Crippen molar-refractivity contribution in [2.45, 2.75) is 194 Å². The van der Waals surface area contributed by atoms with Gasteiger partial charge >= 0.3 is 5.97 Å². The number of nitrogens with two attached hydrogens (primary N) is 1. The normalized spacial score (nSPS) is 25.5. The van der Waals surface area contributed by atoms with Crippen LogP contribution in [0.2, 0.25) is 10.0 Å². The summed E-state index contributed by atoms with van der Waals surface area (Å²) in [6.45, 7) is 2.21. The molecule has 17 bridgehead atoms. The SMILES string of the molecule is CCCCCCCCCCC(=O)N[C@H]1[C@H](Oc2c3cc4cc2Oc2ccc(cc2Cl)[C@@H](O)[C@@H]2NC(=O)[C@H](NC(=O)[C@@H]4NC(=O)[C@H]4NC(=O)[C@@H](Cc5ccc(cc5)O3)NC(=O)[C@@H](NC)c3ccc(O)c(c3)Oc3cc(O)c(Cl)c4c3)c3ccc(O)c(c3)-c3c(O[C@H]4O[C@H](CO)[C@@H](O)[C@H](O)[C@@H]4O)cc(O)cc3[C@@H](C(=O)NCCCNCCCN)NC2=O)O[C@H](C(=O)OC)[C@@H](O)[C@@H]1O. The molecule has 18 atom stereocenters. The lowest BCUT2D eigenvalue weighted by Crippen LogP contribution is -2.66. The molecule has 2 saturated heterocycles. The van der Waals surface area contributed by atoms with Crippen molar-refractivity contribution in [3.63, 3.8) is 0 Å². The number of aliphatic hydroxyl groups excluding tert-OH is 7. The molecule has 130 heavy (non-hydrogen) atoms. The summed E-state index contributed by atoms with van der Waals surface area (Å²) in [6.07, 6.45) is -13.5. The van der Waals surface area contributed by atoms with Crippen LogP contribution in [0.1, 0.15) is 153 Å². The van der Waals surface area contributed by atoms with E-state index in [4.69, 9.17) is 66.8 Å². The fourth-order valence-corrected chi connectivity index (χ4v) is 16.5. The first-order valence-corrected chi connectivity index (χ1v) is 43.2. The Kier molecular flexibility index (Phi) is 31.5. The highest BCUT2D eigenvalue weighted by atomic mass is 35.5. The number of hydrogen-bond donors (Lipinski definition) is 22. The zero-order valence-corrected chi connectivity index (χ0v) is 72.1. The van der Waals surface area contributed by atoms with E-state index in [0.717, 1.165) is 112 Å². The minimum atomic E-state index is -2.44. The number of unbranched alkanes of at least 4 members (excludes halogenated alkanes) is 7. The quantitative estimate of drug-likeness (QED) is 0.0288. The van der Waals surface area contributed by atoms with E-state index in [1.54, 1.807) is 0 Å². The maximum absolute atomic E-state index is 16.9. The Morgan fingerprint density at radius 1 is 0.546 bits per heavy atom. The van der Waals surface area contributed by atoms with Crippen molar-refractivity contribution in [1.29, 1.82) is 0 Å². The van der Waals surface area contributed by atoms with Crippen LogP contribution in [-0.4, -0.2) is 230 Å². The number of rotatable bonds is 25. The zero-order valence-electron chi connectivity index (χ0n) is 70.6. The van der Waals surface area contributed by atoms with Gasteiger partial charge in [0.05, 0.1) is 23.8 Å². The Morgan fingerprint density at radius 2 is 1.20 bits per heavy atom. The third kappa shape index (κ3) is 21.7. The molecule has 8 aliphatic rings. The first-order valence-electron chi connectivity index (χ1n) is 42.4. The molecular weight excluding hydrogens is 1740 g/mol. The van der Waals surface area contributed by atoms with E-state index < -0.39 is 271 Å². The fourth-order valence-electron chi connectivity index (χ4n) is 16.1. The molecule has 0 aliphatic carbocycles. The maximum atomic E-state index is 16.9. The Morgan fingerprint density at radius 3 is 1.91 bits per heavy atom. The number of phenols is 4. The van der Waals surface area contributed by atoms with Gasteiger partial charge in [0, 0.05) is 48.2 Å². The third-order valence-electron chi connectivity index (χ3n) is 23.1. The van der Waals surface area contributed by atoms with Crippen molar-refractivity contribution >= 4 is 76.4 Å². The minimum absolute atomic E-state index is 0.120. The van der Waals surface area contributed by atoms with Crippen LogP contribution >= 0.6 is 23.2 Å². The van der Waals surface area contributed by atoms with E-state index in [0.29, 0.717) is 44.5 Å². The number of esters is 1. The van der Waals surface area contributed by atoms with E-state index >= 15 is 28.8 Å². The molecule has 0 aromatic heterocycles. The summed E-state index contributed by atoms with van der Waals surface area (Å²) in [4.78, 5) is 139. The second-order valence-electron chi connectivity index (χ2n) is 32.1. The van der Waals surface area contributed by atoms with Crippen LogP contribution in [0.15, 0.2) is 115 Å². The molecule has 23 N–H and O–H groups in total. The van der Waals surface area contributed by atoms with Gasteiger partial charge in [0.1, 0.15) is 131 Å². The number of aliphatic hydroxyl groups is 7. The highest BCUT2D eigenvalue weighted by Gasteiger charge is 2.52. The van der Waals surface area contributed by atoms with E-state index in [9.17, 15) is 70.6 Å². The molecule has 39 nitrogen and oxygen atoms in total. The Balaban J connectivity index is 1.04. The molecule has 0 radical (unpaired) electrons. The first kappa shape index (κ1) is 95.6. The second-order valence-corrected chi connectivity index (χ2v) is 32.9. The van der Waals surface area contributed by atoms with E-state index in [-0.39, 0.29) is 47.8 Å². The van der Waals surface area contributed by atoms with Gasteiger partial charge in [0.25, 0.3) is 0 Å². The summed E-state index contributed by atoms with van der Waals surface area (Å²) in [5.74, 6) is -17.2. The fraction of sp³-hybridized carbons (Fsp3) is 0.427. The monoisotopic (exact) mass is 1840 g/mol. The molecule has 8 amide bonds. The Bertz CT molecular complexity index is 5350. The number of phenolic OH excluding ortho intramolecular Hbond substituents is 4. The van der Waals surface area contributed by atoms with Gasteiger partial charge in [0.15, 0.2) is 29.1 Å². The van der Waals surface area contributed by atoms with Crippen molar-refractivity contribution in [3.8, 4) is 80.1 Å². The van der Waals surface area contributed by atoms with Crippen LogP contribution < -0.4 is 82.6 Å². The molecule has 0 saturated carbocycles. The van der Waals surface area contributed by atoms with Gasteiger partial charge in [0.2, 0.25) is 65.6 Å². The molecule has 7 aromatic rings. The number of amides is 8.